The second-order valence-electron chi connectivity index (χ2n) is 5.21. The smallest absolute Gasteiger partial charge is 0.228 e. The van der Waals surface area contributed by atoms with E-state index in [4.69, 9.17) is 0 Å². The molecule has 0 aliphatic heterocycles. The molecule has 0 aromatic heterocycles. The maximum atomic E-state index is 13.9. The summed E-state index contributed by atoms with van der Waals surface area (Å²) >= 11 is 0. The van der Waals surface area contributed by atoms with Crippen molar-refractivity contribution in [2.45, 2.75) is 31.7 Å². The first-order valence-corrected chi connectivity index (χ1v) is 6.75. The molecule has 3 nitrogen and oxygen atoms in total. The number of para-hydroxylation sites is 1. The second-order valence-corrected chi connectivity index (χ2v) is 5.21. The summed E-state index contributed by atoms with van der Waals surface area (Å²) in [6.45, 7) is 0. The highest BCUT2D eigenvalue weighted by Gasteiger charge is 2.25. The molecule has 100 valence electrons. The summed E-state index contributed by atoms with van der Waals surface area (Å²) < 4.78 is 13.9. The summed E-state index contributed by atoms with van der Waals surface area (Å²) in [5, 5.41) is 5.99. The van der Waals surface area contributed by atoms with E-state index in [-0.39, 0.29) is 23.3 Å². The van der Waals surface area contributed by atoms with Gasteiger partial charge in [0.1, 0.15) is 11.5 Å². The highest BCUT2D eigenvalue weighted by atomic mass is 19.1. The topological polar surface area (TPSA) is 41.1 Å². The number of benzene rings is 1. The standard InChI is InChI=1S/C15H17FN2O/c16-12-6-3-7-13(17-11-8-9-11)14(12)18-15(19)10-4-1-2-5-10/h1-3,6-7,10-11,17H,4-5,8-9H2,(H,18,19). The summed E-state index contributed by atoms with van der Waals surface area (Å²) in [4.78, 5) is 12.1. The van der Waals surface area contributed by atoms with Gasteiger partial charge in [-0.25, -0.2) is 4.39 Å². The quantitative estimate of drug-likeness (QED) is 0.815. The fourth-order valence-electron chi connectivity index (χ4n) is 2.28. The van der Waals surface area contributed by atoms with Crippen LogP contribution in [0, 0.1) is 11.7 Å². The van der Waals surface area contributed by atoms with Crippen molar-refractivity contribution in [1.29, 1.82) is 0 Å². The number of carbonyl (C=O) groups excluding carboxylic acids is 1. The SMILES string of the molecule is O=C(Nc1c(F)cccc1NC1CC1)C1CC=CC1. The van der Waals surface area contributed by atoms with Crippen LogP contribution in [0.15, 0.2) is 30.4 Å². The molecule has 2 aliphatic carbocycles. The molecule has 3 rings (SSSR count). The molecule has 0 bridgehead atoms. The van der Waals surface area contributed by atoms with Crippen molar-refractivity contribution in [3.05, 3.63) is 36.2 Å². The lowest BCUT2D eigenvalue weighted by atomic mass is 10.1. The average Bonchev–Trinajstić information content (AvgIpc) is 3.04. The Kier molecular flexibility index (Phi) is 3.23. The van der Waals surface area contributed by atoms with Gasteiger partial charge in [-0.05, 0) is 37.8 Å². The monoisotopic (exact) mass is 260 g/mol. The minimum absolute atomic E-state index is 0.0617. The molecule has 0 unspecified atom stereocenters. The Bertz CT molecular complexity index is 515. The lowest BCUT2D eigenvalue weighted by Gasteiger charge is -2.15. The highest BCUT2D eigenvalue weighted by molar-refractivity contribution is 5.96. The summed E-state index contributed by atoms with van der Waals surface area (Å²) in [6, 6.07) is 5.27. The predicted molar refractivity (Wildman–Crippen MR) is 73.5 cm³/mol. The van der Waals surface area contributed by atoms with Crippen molar-refractivity contribution in [2.24, 2.45) is 5.92 Å². The van der Waals surface area contributed by atoms with Gasteiger partial charge < -0.3 is 10.6 Å². The van der Waals surface area contributed by atoms with Crippen LogP contribution in [0.5, 0.6) is 0 Å². The fourth-order valence-corrected chi connectivity index (χ4v) is 2.28. The third-order valence-electron chi connectivity index (χ3n) is 3.58. The molecule has 0 heterocycles. The molecule has 0 radical (unpaired) electrons. The van der Waals surface area contributed by atoms with E-state index in [2.05, 4.69) is 10.6 Å². The Morgan fingerprint density at radius 2 is 1.95 bits per heavy atom. The Hall–Kier alpha value is -1.84. The Labute approximate surface area is 111 Å². The zero-order valence-electron chi connectivity index (χ0n) is 10.7. The van der Waals surface area contributed by atoms with E-state index < -0.39 is 0 Å². The molecule has 1 fully saturated rings. The third-order valence-corrected chi connectivity index (χ3v) is 3.58. The van der Waals surface area contributed by atoms with Gasteiger partial charge in [0.15, 0.2) is 0 Å². The van der Waals surface area contributed by atoms with Gasteiger partial charge in [0.2, 0.25) is 5.91 Å². The molecule has 1 saturated carbocycles. The summed E-state index contributed by atoms with van der Waals surface area (Å²) in [5.41, 5.74) is 0.966. The first-order valence-electron chi connectivity index (χ1n) is 6.75. The first-order chi connectivity index (χ1) is 9.24. The Balaban J connectivity index is 1.76. The van der Waals surface area contributed by atoms with E-state index in [1.165, 1.54) is 6.07 Å². The van der Waals surface area contributed by atoms with Gasteiger partial charge >= 0.3 is 0 Å². The van der Waals surface area contributed by atoms with Gasteiger partial charge in [-0.3, -0.25) is 4.79 Å². The van der Waals surface area contributed by atoms with Gasteiger partial charge in [-0.1, -0.05) is 18.2 Å². The number of halogens is 1. The van der Waals surface area contributed by atoms with Crippen LogP contribution in [0.2, 0.25) is 0 Å². The average molecular weight is 260 g/mol. The summed E-state index contributed by atoms with van der Waals surface area (Å²) in [6.07, 6.45) is 7.69. The molecular formula is C15H17FN2O. The molecule has 2 aliphatic rings. The maximum Gasteiger partial charge on any atom is 0.228 e. The minimum Gasteiger partial charge on any atom is -0.381 e. The first kappa shape index (κ1) is 12.2. The summed E-state index contributed by atoms with van der Waals surface area (Å²) in [5.74, 6) is -0.549. The molecule has 0 spiro atoms. The Morgan fingerprint density at radius 1 is 1.21 bits per heavy atom. The molecule has 0 atom stereocenters. The van der Waals surface area contributed by atoms with Crippen LogP contribution in [-0.2, 0) is 4.79 Å². The van der Waals surface area contributed by atoms with Crippen molar-refractivity contribution in [3.8, 4) is 0 Å². The minimum atomic E-state index is -0.384. The molecule has 2 N–H and O–H groups in total. The number of nitrogens with one attached hydrogen (secondary N) is 2. The fraction of sp³-hybridized carbons (Fsp3) is 0.400. The van der Waals surface area contributed by atoms with Crippen LogP contribution in [-0.4, -0.2) is 11.9 Å². The number of amides is 1. The maximum absolute atomic E-state index is 13.9. The van der Waals surface area contributed by atoms with Gasteiger partial charge in [0.05, 0.1) is 5.69 Å². The van der Waals surface area contributed by atoms with Gasteiger partial charge in [-0.15, -0.1) is 0 Å². The lowest BCUT2D eigenvalue weighted by molar-refractivity contribution is -0.119. The zero-order valence-corrected chi connectivity index (χ0v) is 10.7. The molecular weight excluding hydrogens is 243 g/mol. The molecule has 1 amide bonds. The third kappa shape index (κ3) is 2.78. The van der Waals surface area contributed by atoms with Gasteiger partial charge in [0, 0.05) is 12.0 Å². The van der Waals surface area contributed by atoms with Crippen LogP contribution in [0.1, 0.15) is 25.7 Å². The van der Waals surface area contributed by atoms with Crippen LogP contribution < -0.4 is 10.6 Å². The van der Waals surface area contributed by atoms with E-state index >= 15 is 0 Å². The molecule has 19 heavy (non-hydrogen) atoms. The predicted octanol–water partition coefficient (Wildman–Crippen LogP) is 3.30. The Morgan fingerprint density at radius 3 is 2.63 bits per heavy atom. The van der Waals surface area contributed by atoms with Gasteiger partial charge in [0.25, 0.3) is 0 Å². The van der Waals surface area contributed by atoms with Crippen LogP contribution in [0.25, 0.3) is 0 Å². The van der Waals surface area contributed by atoms with Crippen molar-refractivity contribution < 1.29 is 9.18 Å². The number of rotatable bonds is 4. The van der Waals surface area contributed by atoms with Crippen LogP contribution >= 0.6 is 0 Å². The highest BCUT2D eigenvalue weighted by Crippen LogP contribution is 2.32. The zero-order chi connectivity index (χ0) is 13.2. The normalized spacial score (nSPS) is 18.6. The second kappa shape index (κ2) is 5.03. The number of anilines is 2. The van der Waals surface area contributed by atoms with E-state index in [0.29, 0.717) is 11.7 Å². The van der Waals surface area contributed by atoms with Crippen molar-refractivity contribution in [1.82, 2.24) is 0 Å². The van der Waals surface area contributed by atoms with Crippen LogP contribution in [0.4, 0.5) is 15.8 Å². The largest absolute Gasteiger partial charge is 0.381 e. The molecule has 1 aromatic rings. The van der Waals surface area contributed by atoms with Crippen molar-refractivity contribution in [3.63, 3.8) is 0 Å². The van der Waals surface area contributed by atoms with E-state index in [1.54, 1.807) is 6.07 Å². The number of hydrogen-bond donors (Lipinski definition) is 2. The molecule has 0 saturated heterocycles. The van der Waals surface area contributed by atoms with E-state index in [0.717, 1.165) is 25.7 Å². The number of allylic oxidation sites excluding steroid dienone is 2. The number of hydrogen-bond acceptors (Lipinski definition) is 2. The number of carbonyl (C=O) groups is 1. The van der Waals surface area contributed by atoms with Gasteiger partial charge in [-0.2, -0.15) is 0 Å². The van der Waals surface area contributed by atoms with E-state index in [9.17, 15) is 9.18 Å². The summed E-state index contributed by atoms with van der Waals surface area (Å²) in [7, 11) is 0. The molecule has 4 heteroatoms. The van der Waals surface area contributed by atoms with Crippen molar-refractivity contribution >= 4 is 17.3 Å². The molecule has 1 aromatic carbocycles. The van der Waals surface area contributed by atoms with Crippen molar-refractivity contribution in [2.75, 3.05) is 10.6 Å². The van der Waals surface area contributed by atoms with Crippen LogP contribution in [0.3, 0.4) is 0 Å². The lowest BCUT2D eigenvalue weighted by Crippen LogP contribution is -2.22. The van der Waals surface area contributed by atoms with E-state index in [1.807, 2.05) is 18.2 Å².